The van der Waals surface area contributed by atoms with Crippen LogP contribution in [0, 0.1) is 20.8 Å². The summed E-state index contributed by atoms with van der Waals surface area (Å²) in [6.07, 6.45) is 0. The normalized spacial score (nSPS) is 11.4. The van der Waals surface area contributed by atoms with Gasteiger partial charge in [0.2, 0.25) is 0 Å². The maximum Gasteiger partial charge on any atom is 0.0963 e. The molecule has 0 atom stereocenters. The molecule has 2 aromatic heterocycles. The summed E-state index contributed by atoms with van der Waals surface area (Å²) in [4.78, 5) is 9.20. The Morgan fingerprint density at radius 2 is 1.19 bits per heavy atom. The molecule has 0 amide bonds. The molecule has 0 unspecified atom stereocenters. The molecule has 0 bridgehead atoms. The fourth-order valence-corrected chi connectivity index (χ4v) is 4.86. The summed E-state index contributed by atoms with van der Waals surface area (Å²) in [6.45, 7) is 15.2. The van der Waals surface area contributed by atoms with Crippen molar-refractivity contribution in [1.82, 2.24) is 9.97 Å². The fraction of sp³-hybridized carbons (Fsp3) is 0.391. The van der Waals surface area contributed by atoms with Gasteiger partial charge in [0, 0.05) is 11.8 Å². The molecule has 4 heteroatoms. The minimum absolute atomic E-state index is 0.535. The van der Waals surface area contributed by atoms with E-state index >= 15 is 0 Å². The van der Waals surface area contributed by atoms with Gasteiger partial charge in [0.1, 0.15) is 0 Å². The smallest absolute Gasteiger partial charge is 0.0963 e. The molecule has 27 heavy (non-hydrogen) atoms. The van der Waals surface area contributed by atoms with Crippen LogP contribution in [0.4, 0.5) is 0 Å². The van der Waals surface area contributed by atoms with Crippen LogP contribution in [0.2, 0.25) is 0 Å². The molecular weight excluding hydrogens is 368 g/mol. The molecule has 2 heterocycles. The van der Waals surface area contributed by atoms with Crippen molar-refractivity contribution in [2.45, 2.75) is 60.3 Å². The lowest BCUT2D eigenvalue weighted by Crippen LogP contribution is -1.83. The van der Waals surface area contributed by atoms with Gasteiger partial charge in [-0.1, -0.05) is 33.8 Å². The number of hydrogen-bond acceptors (Lipinski definition) is 4. The summed E-state index contributed by atoms with van der Waals surface area (Å²) in [5.41, 5.74) is 6.29. The number of benzene rings is 2. The van der Waals surface area contributed by atoms with Crippen LogP contribution < -0.4 is 0 Å². The highest BCUT2D eigenvalue weighted by Gasteiger charge is 2.08. The van der Waals surface area contributed by atoms with Gasteiger partial charge in [-0.2, -0.15) is 0 Å². The van der Waals surface area contributed by atoms with Crippen molar-refractivity contribution in [3.05, 3.63) is 57.0 Å². The Balaban J connectivity index is 0.000000156. The second-order valence-corrected chi connectivity index (χ2v) is 9.91. The van der Waals surface area contributed by atoms with E-state index in [-0.39, 0.29) is 0 Å². The average molecular weight is 397 g/mol. The SMILES string of the molecule is Cc1cc2nc(C(C)C)sc2cc1C.Cc1ccc2nc(C(C)C)sc2c1. The van der Waals surface area contributed by atoms with Crippen molar-refractivity contribution in [1.29, 1.82) is 0 Å². The Labute approximate surface area is 170 Å². The molecule has 0 aliphatic heterocycles. The van der Waals surface area contributed by atoms with Crippen LogP contribution in [-0.4, -0.2) is 9.97 Å². The third-order valence-electron chi connectivity index (χ3n) is 4.57. The van der Waals surface area contributed by atoms with E-state index in [2.05, 4.69) is 88.8 Å². The first-order valence-electron chi connectivity index (χ1n) is 9.49. The third-order valence-corrected chi connectivity index (χ3v) is 7.21. The third kappa shape index (κ3) is 4.56. The molecule has 0 N–H and O–H groups in total. The summed E-state index contributed by atoms with van der Waals surface area (Å²) in [5, 5.41) is 2.48. The number of hydrogen-bond donors (Lipinski definition) is 0. The highest BCUT2D eigenvalue weighted by Crippen LogP contribution is 2.29. The molecule has 0 fully saturated rings. The summed E-state index contributed by atoms with van der Waals surface area (Å²) >= 11 is 3.63. The lowest BCUT2D eigenvalue weighted by molar-refractivity contribution is 0.856. The topological polar surface area (TPSA) is 25.8 Å². The molecule has 2 nitrogen and oxygen atoms in total. The van der Waals surface area contributed by atoms with E-state index in [9.17, 15) is 0 Å². The van der Waals surface area contributed by atoms with Gasteiger partial charge < -0.3 is 0 Å². The van der Waals surface area contributed by atoms with Gasteiger partial charge in [-0.25, -0.2) is 9.97 Å². The zero-order valence-corrected chi connectivity index (χ0v) is 18.9. The number of fused-ring (bicyclic) bond motifs is 2. The van der Waals surface area contributed by atoms with Crippen LogP contribution in [0.15, 0.2) is 30.3 Å². The standard InChI is InChI=1S/C12H15NS.C11H13NS/c1-7(2)12-13-10-5-8(3)9(4)6-11(10)14-12;1-7(2)11-12-9-5-4-8(3)6-10(9)13-11/h5-7H,1-4H3;4-7H,1-3H3. The average Bonchev–Trinajstić information content (AvgIpc) is 3.19. The Bertz CT molecular complexity index is 1030. The van der Waals surface area contributed by atoms with Crippen LogP contribution in [0.3, 0.4) is 0 Å². The van der Waals surface area contributed by atoms with E-state index in [0.717, 1.165) is 11.0 Å². The fourth-order valence-electron chi connectivity index (χ4n) is 2.74. The van der Waals surface area contributed by atoms with Crippen molar-refractivity contribution in [3.8, 4) is 0 Å². The highest BCUT2D eigenvalue weighted by atomic mass is 32.1. The van der Waals surface area contributed by atoms with Gasteiger partial charge in [-0.05, 0) is 61.7 Å². The van der Waals surface area contributed by atoms with Gasteiger partial charge in [0.25, 0.3) is 0 Å². The largest absolute Gasteiger partial charge is 0.241 e. The van der Waals surface area contributed by atoms with Gasteiger partial charge in [0.05, 0.1) is 30.4 Å². The molecule has 0 radical (unpaired) electrons. The van der Waals surface area contributed by atoms with Crippen molar-refractivity contribution in [2.24, 2.45) is 0 Å². The maximum atomic E-state index is 4.63. The first-order chi connectivity index (χ1) is 12.7. The summed E-state index contributed by atoms with van der Waals surface area (Å²) in [7, 11) is 0. The zero-order chi connectivity index (χ0) is 19.7. The molecule has 4 aromatic rings. The van der Waals surface area contributed by atoms with E-state index in [1.807, 2.05) is 22.7 Å². The minimum atomic E-state index is 0.535. The van der Waals surface area contributed by atoms with E-state index < -0.39 is 0 Å². The zero-order valence-electron chi connectivity index (χ0n) is 17.3. The molecule has 0 spiro atoms. The Hall–Kier alpha value is -1.78. The maximum absolute atomic E-state index is 4.63. The molecule has 142 valence electrons. The second-order valence-electron chi connectivity index (χ2n) is 7.79. The van der Waals surface area contributed by atoms with Crippen LogP contribution >= 0.6 is 22.7 Å². The number of thiazole rings is 2. The van der Waals surface area contributed by atoms with E-state index in [4.69, 9.17) is 0 Å². The predicted molar refractivity (Wildman–Crippen MR) is 122 cm³/mol. The summed E-state index contributed by atoms with van der Waals surface area (Å²) < 4.78 is 2.63. The Kier molecular flexibility index (Phi) is 5.97. The number of rotatable bonds is 2. The first-order valence-corrected chi connectivity index (χ1v) is 11.1. The number of aromatic nitrogens is 2. The number of aryl methyl sites for hydroxylation is 3. The van der Waals surface area contributed by atoms with Crippen LogP contribution in [0.25, 0.3) is 20.4 Å². The quantitative estimate of drug-likeness (QED) is 0.346. The van der Waals surface area contributed by atoms with E-state index in [0.29, 0.717) is 11.8 Å². The molecule has 0 aliphatic carbocycles. The number of nitrogens with zero attached hydrogens (tertiary/aromatic N) is 2. The predicted octanol–water partition coefficient (Wildman–Crippen LogP) is 7.76. The second kappa shape index (κ2) is 8.07. The van der Waals surface area contributed by atoms with Crippen LogP contribution in [0.5, 0.6) is 0 Å². The van der Waals surface area contributed by atoms with Crippen LogP contribution in [0.1, 0.15) is 66.2 Å². The molecular formula is C23H28N2S2. The molecule has 0 saturated carbocycles. The van der Waals surface area contributed by atoms with Gasteiger partial charge in [-0.3, -0.25) is 0 Å². The summed E-state index contributed by atoms with van der Waals surface area (Å²) in [6, 6.07) is 10.9. The van der Waals surface area contributed by atoms with E-state index in [1.54, 1.807) is 0 Å². The highest BCUT2D eigenvalue weighted by molar-refractivity contribution is 7.19. The van der Waals surface area contributed by atoms with Crippen molar-refractivity contribution in [2.75, 3.05) is 0 Å². The molecule has 4 rings (SSSR count). The monoisotopic (exact) mass is 396 g/mol. The lowest BCUT2D eigenvalue weighted by atomic mass is 10.1. The summed E-state index contributed by atoms with van der Waals surface area (Å²) in [5.74, 6) is 1.07. The Morgan fingerprint density at radius 3 is 1.78 bits per heavy atom. The first kappa shape index (κ1) is 20.0. The van der Waals surface area contributed by atoms with Crippen LogP contribution in [-0.2, 0) is 0 Å². The van der Waals surface area contributed by atoms with Crippen molar-refractivity contribution < 1.29 is 0 Å². The Morgan fingerprint density at radius 1 is 0.667 bits per heavy atom. The van der Waals surface area contributed by atoms with Gasteiger partial charge in [0.15, 0.2) is 0 Å². The molecule has 0 saturated heterocycles. The van der Waals surface area contributed by atoms with Crippen molar-refractivity contribution >= 4 is 43.1 Å². The minimum Gasteiger partial charge on any atom is -0.241 e. The van der Waals surface area contributed by atoms with Gasteiger partial charge >= 0.3 is 0 Å². The van der Waals surface area contributed by atoms with Gasteiger partial charge in [-0.15, -0.1) is 22.7 Å². The lowest BCUT2D eigenvalue weighted by Gasteiger charge is -1.97. The van der Waals surface area contributed by atoms with Crippen molar-refractivity contribution in [3.63, 3.8) is 0 Å². The molecule has 2 aromatic carbocycles. The van der Waals surface area contributed by atoms with E-state index in [1.165, 1.54) is 36.1 Å². The molecule has 0 aliphatic rings.